The molecule has 0 spiro atoms. The van der Waals surface area contributed by atoms with Crippen molar-refractivity contribution in [3.8, 4) is 0 Å². The number of nitrogens with one attached hydrogen (secondary N) is 1. The summed E-state index contributed by atoms with van der Waals surface area (Å²) in [6, 6.07) is 8.38. The Hall–Kier alpha value is -2.01. The van der Waals surface area contributed by atoms with Gasteiger partial charge in [0, 0.05) is 23.7 Å². The molecule has 110 valence electrons. The van der Waals surface area contributed by atoms with Gasteiger partial charge in [-0.25, -0.2) is 14.4 Å². The molecule has 0 saturated heterocycles. The first-order valence-corrected chi connectivity index (χ1v) is 7.14. The summed E-state index contributed by atoms with van der Waals surface area (Å²) in [5.41, 5.74) is 1.96. The summed E-state index contributed by atoms with van der Waals surface area (Å²) < 4.78 is 12.9. The molecule has 1 aliphatic rings. The Morgan fingerprint density at radius 1 is 1.24 bits per heavy atom. The lowest BCUT2D eigenvalue weighted by atomic mass is 9.80. The molecular weight excluding hydrogens is 269 g/mol. The molecule has 21 heavy (non-hydrogen) atoms. The Morgan fingerprint density at radius 3 is 2.62 bits per heavy atom. The quantitative estimate of drug-likeness (QED) is 0.907. The molecule has 1 aromatic heterocycles. The summed E-state index contributed by atoms with van der Waals surface area (Å²) in [5, 5.41) is 12.7. The highest BCUT2D eigenvalue weighted by atomic mass is 19.1. The number of aliphatic hydroxyl groups excluding tert-OH is 1. The maximum atomic E-state index is 12.9. The third-order valence-electron chi connectivity index (χ3n) is 3.95. The Bertz CT molecular complexity index is 611. The van der Waals surface area contributed by atoms with Gasteiger partial charge < -0.3 is 10.4 Å². The maximum Gasteiger partial charge on any atom is 0.130 e. The summed E-state index contributed by atoms with van der Waals surface area (Å²) in [7, 11) is 0. The van der Waals surface area contributed by atoms with Gasteiger partial charge in [-0.2, -0.15) is 0 Å². The number of rotatable bonds is 4. The number of hydrogen-bond acceptors (Lipinski definition) is 4. The van der Waals surface area contributed by atoms with Gasteiger partial charge in [0.1, 0.15) is 18.0 Å². The van der Waals surface area contributed by atoms with Gasteiger partial charge in [0.15, 0.2) is 0 Å². The predicted octanol–water partition coefficient (Wildman–Crippen LogP) is 3.03. The summed E-state index contributed by atoms with van der Waals surface area (Å²) in [6.07, 6.45) is 2.88. The van der Waals surface area contributed by atoms with Crippen LogP contribution < -0.4 is 5.32 Å². The zero-order valence-corrected chi connectivity index (χ0v) is 11.8. The first-order chi connectivity index (χ1) is 10.1. The van der Waals surface area contributed by atoms with E-state index in [2.05, 4.69) is 15.3 Å². The first kappa shape index (κ1) is 13.9. The second kappa shape index (κ2) is 5.77. The predicted molar refractivity (Wildman–Crippen MR) is 78.5 cm³/mol. The fourth-order valence-electron chi connectivity index (χ4n) is 2.56. The standard InChI is InChI=1S/C16H18FN3O/c1-10(11-2-4-13(17)5-3-11)20-16-8-15(18-9-19-16)12-6-14(21)7-12/h2-5,8-10,12,14,21H,6-7H2,1H3,(H,18,19,20)/t10-,12?,14?/m1/s1. The summed E-state index contributed by atoms with van der Waals surface area (Å²) in [5.74, 6) is 0.835. The van der Waals surface area contributed by atoms with Gasteiger partial charge in [0.2, 0.25) is 0 Å². The van der Waals surface area contributed by atoms with Crippen LogP contribution in [-0.4, -0.2) is 21.2 Å². The number of aromatic nitrogens is 2. The molecule has 1 aromatic carbocycles. The summed E-state index contributed by atoms with van der Waals surface area (Å²) in [4.78, 5) is 8.50. The van der Waals surface area contributed by atoms with E-state index in [1.807, 2.05) is 13.0 Å². The summed E-state index contributed by atoms with van der Waals surface area (Å²) >= 11 is 0. The van der Waals surface area contributed by atoms with Crippen molar-refractivity contribution in [1.82, 2.24) is 9.97 Å². The SMILES string of the molecule is C[C@@H](Nc1cc(C2CC(O)C2)ncn1)c1ccc(F)cc1. The van der Waals surface area contributed by atoms with Crippen LogP contribution in [0.3, 0.4) is 0 Å². The fraction of sp³-hybridized carbons (Fsp3) is 0.375. The van der Waals surface area contributed by atoms with Crippen LogP contribution in [0.1, 0.15) is 43.0 Å². The molecule has 0 radical (unpaired) electrons. The molecule has 2 N–H and O–H groups in total. The molecule has 0 amide bonds. The van der Waals surface area contributed by atoms with Crippen molar-refractivity contribution in [2.45, 2.75) is 37.8 Å². The minimum Gasteiger partial charge on any atom is -0.393 e. The first-order valence-electron chi connectivity index (χ1n) is 7.14. The zero-order chi connectivity index (χ0) is 14.8. The summed E-state index contributed by atoms with van der Waals surface area (Å²) in [6.45, 7) is 2.00. The van der Waals surface area contributed by atoms with Crippen molar-refractivity contribution in [3.63, 3.8) is 0 Å². The van der Waals surface area contributed by atoms with Crippen LogP contribution in [0, 0.1) is 5.82 Å². The maximum absolute atomic E-state index is 12.9. The highest BCUT2D eigenvalue weighted by molar-refractivity contribution is 5.39. The second-order valence-corrected chi connectivity index (χ2v) is 5.57. The monoisotopic (exact) mass is 287 g/mol. The molecule has 5 heteroatoms. The third-order valence-corrected chi connectivity index (χ3v) is 3.95. The normalized spacial score (nSPS) is 22.4. The highest BCUT2D eigenvalue weighted by Crippen LogP contribution is 2.36. The molecule has 0 aliphatic heterocycles. The topological polar surface area (TPSA) is 58.0 Å². The van der Waals surface area contributed by atoms with Gasteiger partial charge >= 0.3 is 0 Å². The second-order valence-electron chi connectivity index (χ2n) is 5.57. The number of aliphatic hydroxyl groups is 1. The van der Waals surface area contributed by atoms with Gasteiger partial charge in [-0.3, -0.25) is 0 Å². The van der Waals surface area contributed by atoms with Crippen molar-refractivity contribution in [2.75, 3.05) is 5.32 Å². The number of anilines is 1. The van der Waals surface area contributed by atoms with E-state index in [4.69, 9.17) is 0 Å². The van der Waals surface area contributed by atoms with E-state index < -0.39 is 0 Å². The van der Waals surface area contributed by atoms with E-state index in [1.54, 1.807) is 18.5 Å². The van der Waals surface area contributed by atoms with Crippen molar-refractivity contribution < 1.29 is 9.50 Å². The Balaban J connectivity index is 1.69. The van der Waals surface area contributed by atoms with Gasteiger partial charge in [-0.1, -0.05) is 12.1 Å². The molecule has 0 bridgehead atoms. The number of halogens is 1. The van der Waals surface area contributed by atoms with Crippen LogP contribution in [-0.2, 0) is 0 Å². The number of benzene rings is 1. The van der Waals surface area contributed by atoms with Crippen LogP contribution in [0.25, 0.3) is 0 Å². The fourth-order valence-corrected chi connectivity index (χ4v) is 2.56. The van der Waals surface area contributed by atoms with E-state index in [-0.39, 0.29) is 18.0 Å². The van der Waals surface area contributed by atoms with E-state index in [1.165, 1.54) is 12.1 Å². The van der Waals surface area contributed by atoms with E-state index >= 15 is 0 Å². The van der Waals surface area contributed by atoms with Gasteiger partial charge in [-0.15, -0.1) is 0 Å². The Morgan fingerprint density at radius 2 is 1.95 bits per heavy atom. The van der Waals surface area contributed by atoms with Crippen LogP contribution in [0.15, 0.2) is 36.7 Å². The van der Waals surface area contributed by atoms with E-state index in [9.17, 15) is 9.50 Å². The Labute approximate surface area is 123 Å². The molecular formula is C16H18FN3O. The van der Waals surface area contributed by atoms with Crippen molar-refractivity contribution in [1.29, 1.82) is 0 Å². The van der Waals surface area contributed by atoms with E-state index in [0.29, 0.717) is 5.92 Å². The van der Waals surface area contributed by atoms with Crippen LogP contribution >= 0.6 is 0 Å². The van der Waals surface area contributed by atoms with Crippen molar-refractivity contribution in [2.24, 2.45) is 0 Å². The average molecular weight is 287 g/mol. The molecule has 1 heterocycles. The average Bonchev–Trinajstić information content (AvgIpc) is 2.45. The van der Waals surface area contributed by atoms with Crippen LogP contribution in [0.2, 0.25) is 0 Å². The molecule has 1 aliphatic carbocycles. The lowest BCUT2D eigenvalue weighted by molar-refractivity contribution is 0.0732. The van der Waals surface area contributed by atoms with Gasteiger partial charge in [0.05, 0.1) is 6.10 Å². The molecule has 1 fully saturated rings. The van der Waals surface area contributed by atoms with Crippen molar-refractivity contribution in [3.05, 3.63) is 53.7 Å². The van der Waals surface area contributed by atoms with Crippen LogP contribution in [0.4, 0.5) is 10.2 Å². The lowest BCUT2D eigenvalue weighted by Crippen LogP contribution is -2.27. The number of hydrogen-bond donors (Lipinski definition) is 2. The minimum absolute atomic E-state index is 0.0281. The van der Waals surface area contributed by atoms with Gasteiger partial charge in [-0.05, 0) is 37.5 Å². The number of nitrogens with zero attached hydrogens (tertiary/aromatic N) is 2. The van der Waals surface area contributed by atoms with E-state index in [0.717, 1.165) is 29.9 Å². The highest BCUT2D eigenvalue weighted by Gasteiger charge is 2.29. The third kappa shape index (κ3) is 3.19. The molecule has 4 nitrogen and oxygen atoms in total. The van der Waals surface area contributed by atoms with Gasteiger partial charge in [0.25, 0.3) is 0 Å². The minimum atomic E-state index is -0.237. The lowest BCUT2D eigenvalue weighted by Gasteiger charge is -2.30. The molecule has 2 aromatic rings. The molecule has 1 atom stereocenters. The molecule has 3 rings (SSSR count). The van der Waals surface area contributed by atoms with Crippen LogP contribution in [0.5, 0.6) is 0 Å². The Kier molecular flexibility index (Phi) is 3.84. The smallest absolute Gasteiger partial charge is 0.130 e. The molecule has 1 saturated carbocycles. The molecule has 0 unspecified atom stereocenters. The zero-order valence-electron chi connectivity index (χ0n) is 11.8. The largest absolute Gasteiger partial charge is 0.393 e. The van der Waals surface area contributed by atoms with Crippen molar-refractivity contribution >= 4 is 5.82 Å².